The van der Waals surface area contributed by atoms with E-state index in [4.69, 9.17) is 4.74 Å². The van der Waals surface area contributed by atoms with Crippen LogP contribution in [0.5, 0.6) is 5.75 Å². The number of hydrogen-bond donors (Lipinski definition) is 1. The lowest BCUT2D eigenvalue weighted by molar-refractivity contribution is -0.123. The summed E-state index contributed by atoms with van der Waals surface area (Å²) in [5, 5.41) is 2.95. The summed E-state index contributed by atoms with van der Waals surface area (Å²) in [7, 11) is -3.48. The number of sulfonamides is 1. The van der Waals surface area contributed by atoms with Gasteiger partial charge in [0.1, 0.15) is 5.75 Å². The van der Waals surface area contributed by atoms with Crippen LogP contribution in [0.15, 0.2) is 78.9 Å². The molecular formula is C27H32N2O4S. The molecule has 1 unspecified atom stereocenters. The van der Waals surface area contributed by atoms with Crippen LogP contribution in [0.2, 0.25) is 0 Å². The average molecular weight is 481 g/mol. The number of amides is 1. The summed E-state index contributed by atoms with van der Waals surface area (Å²) in [5.74, 6) is 0.307. The molecule has 6 nitrogen and oxygen atoms in total. The van der Waals surface area contributed by atoms with Crippen LogP contribution in [0.4, 0.5) is 5.69 Å². The largest absolute Gasteiger partial charge is 0.484 e. The molecular weight excluding hydrogens is 448 g/mol. The summed E-state index contributed by atoms with van der Waals surface area (Å²) >= 11 is 0. The number of ether oxygens (including phenoxy) is 1. The van der Waals surface area contributed by atoms with Crippen molar-refractivity contribution in [2.24, 2.45) is 0 Å². The van der Waals surface area contributed by atoms with E-state index in [1.807, 2.05) is 56.3 Å². The van der Waals surface area contributed by atoms with Crippen molar-refractivity contribution in [3.05, 3.63) is 95.6 Å². The summed E-state index contributed by atoms with van der Waals surface area (Å²) in [6.45, 7) is 4.10. The molecule has 0 aliphatic carbocycles. The van der Waals surface area contributed by atoms with Gasteiger partial charge >= 0.3 is 0 Å². The number of aryl methyl sites for hydroxylation is 2. The minimum atomic E-state index is -3.48. The molecule has 0 aromatic heterocycles. The molecule has 0 radical (unpaired) electrons. The van der Waals surface area contributed by atoms with Crippen molar-refractivity contribution in [2.45, 2.75) is 39.3 Å². The predicted octanol–water partition coefficient (Wildman–Crippen LogP) is 4.48. The van der Waals surface area contributed by atoms with Gasteiger partial charge in [0.25, 0.3) is 5.91 Å². The maximum atomic E-state index is 12.4. The number of rotatable bonds is 11. The molecule has 0 saturated carbocycles. The van der Waals surface area contributed by atoms with Crippen molar-refractivity contribution in [3.63, 3.8) is 0 Å². The van der Waals surface area contributed by atoms with Crippen LogP contribution < -0.4 is 14.4 Å². The third-order valence-electron chi connectivity index (χ3n) is 5.46. The Hall–Kier alpha value is -3.32. The van der Waals surface area contributed by atoms with Gasteiger partial charge in [-0.2, -0.15) is 0 Å². The van der Waals surface area contributed by atoms with Gasteiger partial charge in [-0.1, -0.05) is 60.2 Å². The second kappa shape index (κ2) is 11.7. The van der Waals surface area contributed by atoms with E-state index in [0.29, 0.717) is 11.4 Å². The van der Waals surface area contributed by atoms with Crippen molar-refractivity contribution in [1.82, 2.24) is 5.32 Å². The van der Waals surface area contributed by atoms with E-state index in [1.54, 1.807) is 24.3 Å². The first-order chi connectivity index (χ1) is 16.2. The van der Waals surface area contributed by atoms with Crippen molar-refractivity contribution in [3.8, 4) is 5.75 Å². The SMILES string of the molecule is Cc1ccc(CN(c2ccc(OCC(=O)NC(C)CCc3ccccc3)cc2)S(C)(=O)=O)cc1. The Bertz CT molecular complexity index is 1160. The fraction of sp³-hybridized carbons (Fsp3) is 0.296. The lowest BCUT2D eigenvalue weighted by Crippen LogP contribution is -2.36. The number of nitrogens with zero attached hydrogens (tertiary/aromatic N) is 1. The van der Waals surface area contributed by atoms with Crippen LogP contribution >= 0.6 is 0 Å². The summed E-state index contributed by atoms with van der Waals surface area (Å²) in [4.78, 5) is 12.2. The average Bonchev–Trinajstić information content (AvgIpc) is 2.81. The molecule has 3 aromatic carbocycles. The molecule has 3 rings (SSSR count). The quantitative estimate of drug-likeness (QED) is 0.439. The van der Waals surface area contributed by atoms with Crippen molar-refractivity contribution < 1.29 is 17.9 Å². The number of nitrogens with one attached hydrogen (secondary N) is 1. The van der Waals surface area contributed by atoms with Gasteiger partial charge in [0.2, 0.25) is 10.0 Å². The zero-order valence-electron chi connectivity index (χ0n) is 19.9. The van der Waals surface area contributed by atoms with E-state index in [0.717, 1.165) is 24.0 Å². The van der Waals surface area contributed by atoms with E-state index in [-0.39, 0.29) is 25.1 Å². The monoisotopic (exact) mass is 480 g/mol. The second-order valence-corrected chi connectivity index (χ2v) is 10.4. The van der Waals surface area contributed by atoms with E-state index in [2.05, 4.69) is 17.4 Å². The van der Waals surface area contributed by atoms with Gasteiger partial charge in [-0.3, -0.25) is 9.10 Å². The lowest BCUT2D eigenvalue weighted by atomic mass is 10.1. The molecule has 1 amide bonds. The highest BCUT2D eigenvalue weighted by atomic mass is 32.2. The molecule has 1 atom stereocenters. The van der Waals surface area contributed by atoms with E-state index in [1.165, 1.54) is 16.1 Å². The van der Waals surface area contributed by atoms with Crippen molar-refractivity contribution >= 4 is 21.6 Å². The van der Waals surface area contributed by atoms with Crippen LogP contribution in [0.3, 0.4) is 0 Å². The highest BCUT2D eigenvalue weighted by molar-refractivity contribution is 7.92. The number of carbonyl (C=O) groups excluding carboxylic acids is 1. The molecule has 3 aromatic rings. The maximum Gasteiger partial charge on any atom is 0.258 e. The zero-order valence-corrected chi connectivity index (χ0v) is 20.7. The smallest absolute Gasteiger partial charge is 0.258 e. The Balaban J connectivity index is 1.52. The third-order valence-corrected chi connectivity index (χ3v) is 6.60. The van der Waals surface area contributed by atoms with Gasteiger partial charge in [0.15, 0.2) is 6.61 Å². The molecule has 0 heterocycles. The van der Waals surface area contributed by atoms with Gasteiger partial charge in [-0.25, -0.2) is 8.42 Å². The van der Waals surface area contributed by atoms with Crippen LogP contribution in [0.1, 0.15) is 30.0 Å². The third kappa shape index (κ3) is 7.92. The number of anilines is 1. The highest BCUT2D eigenvalue weighted by Gasteiger charge is 2.18. The molecule has 0 saturated heterocycles. The minimum absolute atomic E-state index is 0.0313. The maximum absolute atomic E-state index is 12.4. The summed E-state index contributed by atoms with van der Waals surface area (Å²) in [6, 6.07) is 24.7. The van der Waals surface area contributed by atoms with E-state index >= 15 is 0 Å². The zero-order chi connectivity index (χ0) is 24.6. The molecule has 0 spiro atoms. The summed E-state index contributed by atoms with van der Waals surface area (Å²) < 4.78 is 31.7. The second-order valence-electron chi connectivity index (χ2n) is 8.53. The molecule has 0 fully saturated rings. The molecule has 1 N–H and O–H groups in total. The van der Waals surface area contributed by atoms with E-state index in [9.17, 15) is 13.2 Å². The first-order valence-corrected chi connectivity index (χ1v) is 13.1. The summed E-state index contributed by atoms with van der Waals surface area (Å²) in [6.07, 6.45) is 2.92. The molecule has 0 aliphatic heterocycles. The molecule has 180 valence electrons. The lowest BCUT2D eigenvalue weighted by Gasteiger charge is -2.23. The Morgan fingerprint density at radius 2 is 1.59 bits per heavy atom. The highest BCUT2D eigenvalue weighted by Crippen LogP contribution is 2.24. The van der Waals surface area contributed by atoms with Crippen LogP contribution in [0.25, 0.3) is 0 Å². The van der Waals surface area contributed by atoms with Crippen molar-refractivity contribution in [2.75, 3.05) is 17.2 Å². The Morgan fingerprint density at radius 1 is 0.941 bits per heavy atom. The standard InChI is InChI=1S/C27H32N2O4S/c1-21-9-12-24(13-10-21)19-29(34(3,31)32)25-15-17-26(18-16-25)33-20-27(30)28-22(2)11-14-23-7-5-4-6-8-23/h4-10,12-13,15-18,22H,11,14,19-20H2,1-3H3,(H,28,30). The first-order valence-electron chi connectivity index (χ1n) is 11.3. The van der Waals surface area contributed by atoms with Gasteiger partial charge in [-0.15, -0.1) is 0 Å². The number of hydrogen-bond acceptors (Lipinski definition) is 4. The summed E-state index contributed by atoms with van der Waals surface area (Å²) in [5.41, 5.74) is 3.79. The number of benzene rings is 3. The normalized spacial score (nSPS) is 12.1. The van der Waals surface area contributed by atoms with Crippen LogP contribution in [-0.4, -0.2) is 33.2 Å². The Morgan fingerprint density at radius 3 is 2.21 bits per heavy atom. The van der Waals surface area contributed by atoms with Crippen molar-refractivity contribution in [1.29, 1.82) is 0 Å². The van der Waals surface area contributed by atoms with E-state index < -0.39 is 10.0 Å². The van der Waals surface area contributed by atoms with Gasteiger partial charge in [-0.05, 0) is 62.1 Å². The topological polar surface area (TPSA) is 75.7 Å². The molecule has 0 aliphatic rings. The first kappa shape index (κ1) is 25.3. The van der Waals surface area contributed by atoms with Crippen LogP contribution in [0, 0.1) is 6.92 Å². The fourth-order valence-corrected chi connectivity index (χ4v) is 4.42. The van der Waals surface area contributed by atoms with Gasteiger partial charge in [0, 0.05) is 6.04 Å². The Kier molecular flexibility index (Phi) is 8.71. The molecule has 34 heavy (non-hydrogen) atoms. The molecule has 0 bridgehead atoms. The van der Waals surface area contributed by atoms with Crippen LogP contribution in [-0.2, 0) is 27.8 Å². The predicted molar refractivity (Wildman–Crippen MR) is 137 cm³/mol. The number of carbonyl (C=O) groups is 1. The minimum Gasteiger partial charge on any atom is -0.484 e. The van der Waals surface area contributed by atoms with Gasteiger partial charge < -0.3 is 10.1 Å². The Labute approximate surface area is 202 Å². The van der Waals surface area contributed by atoms with Gasteiger partial charge in [0.05, 0.1) is 18.5 Å². The fourth-order valence-electron chi connectivity index (χ4n) is 3.53. The molecule has 7 heteroatoms.